The fraction of sp³-hybridized carbons (Fsp3) is 0.250. The second-order valence-electron chi connectivity index (χ2n) is 6.00. The Kier molecular flexibility index (Phi) is 6.95. The summed E-state index contributed by atoms with van der Waals surface area (Å²) in [5.74, 6) is 1.37. The molecule has 0 fully saturated rings. The minimum atomic E-state index is -0.0363. The van der Waals surface area contributed by atoms with E-state index in [2.05, 4.69) is 10.2 Å². The third-order valence-corrected chi connectivity index (χ3v) is 4.91. The maximum absolute atomic E-state index is 12.3. The lowest BCUT2D eigenvalue weighted by Crippen LogP contribution is -2.27. The second kappa shape index (κ2) is 9.61. The summed E-state index contributed by atoms with van der Waals surface area (Å²) in [6, 6.07) is 14.9. The van der Waals surface area contributed by atoms with Crippen LogP contribution < -0.4 is 4.74 Å². The predicted molar refractivity (Wildman–Crippen MR) is 110 cm³/mol. The Morgan fingerprint density at radius 2 is 2.00 bits per heavy atom. The summed E-state index contributed by atoms with van der Waals surface area (Å²) in [4.78, 5) is 14.0. The van der Waals surface area contributed by atoms with Crippen molar-refractivity contribution >= 4 is 29.3 Å². The van der Waals surface area contributed by atoms with Gasteiger partial charge in [0.05, 0.1) is 12.4 Å². The number of ether oxygens (including phenoxy) is 1. The molecule has 8 heteroatoms. The van der Waals surface area contributed by atoms with Crippen LogP contribution in [0, 0.1) is 0 Å². The van der Waals surface area contributed by atoms with Crippen LogP contribution in [0.3, 0.4) is 0 Å². The molecule has 0 bridgehead atoms. The molecular weight excluding hydrogens is 398 g/mol. The standard InChI is InChI=1S/C20H20ClN3O3S/c1-3-26-17-9-7-15(8-10-17)19-22-23-20(27-19)28-13-18(25)24(2)12-14-5-4-6-16(21)11-14/h4-11H,3,12-13H2,1-2H3. The number of hydrogen-bond acceptors (Lipinski definition) is 6. The zero-order valence-electron chi connectivity index (χ0n) is 15.6. The molecule has 146 valence electrons. The van der Waals surface area contributed by atoms with Gasteiger partial charge in [-0.3, -0.25) is 4.79 Å². The van der Waals surface area contributed by atoms with Gasteiger partial charge in [-0.25, -0.2) is 0 Å². The van der Waals surface area contributed by atoms with Gasteiger partial charge in [0.15, 0.2) is 0 Å². The van der Waals surface area contributed by atoms with Crippen LogP contribution in [-0.2, 0) is 11.3 Å². The highest BCUT2D eigenvalue weighted by Gasteiger charge is 2.14. The highest BCUT2D eigenvalue weighted by Crippen LogP contribution is 2.25. The van der Waals surface area contributed by atoms with E-state index in [4.69, 9.17) is 20.8 Å². The van der Waals surface area contributed by atoms with E-state index < -0.39 is 0 Å². The van der Waals surface area contributed by atoms with Gasteiger partial charge in [0, 0.05) is 24.2 Å². The van der Waals surface area contributed by atoms with E-state index in [1.165, 1.54) is 11.8 Å². The number of carbonyl (C=O) groups excluding carboxylic acids is 1. The summed E-state index contributed by atoms with van der Waals surface area (Å²) >= 11 is 7.20. The lowest BCUT2D eigenvalue weighted by Gasteiger charge is -2.16. The number of thioether (sulfide) groups is 1. The second-order valence-corrected chi connectivity index (χ2v) is 7.36. The first-order valence-corrected chi connectivity index (χ1v) is 10.1. The van der Waals surface area contributed by atoms with Crippen LogP contribution in [0.1, 0.15) is 12.5 Å². The Balaban J connectivity index is 1.54. The lowest BCUT2D eigenvalue weighted by atomic mass is 10.2. The van der Waals surface area contributed by atoms with E-state index in [1.807, 2.05) is 49.4 Å². The molecule has 0 aliphatic carbocycles. The van der Waals surface area contributed by atoms with E-state index in [0.29, 0.717) is 29.3 Å². The Bertz CT molecular complexity index is 930. The average molecular weight is 418 g/mol. The van der Waals surface area contributed by atoms with Gasteiger partial charge in [-0.15, -0.1) is 10.2 Å². The van der Waals surface area contributed by atoms with Crippen LogP contribution in [0.25, 0.3) is 11.5 Å². The van der Waals surface area contributed by atoms with E-state index in [-0.39, 0.29) is 11.7 Å². The molecule has 1 aromatic heterocycles. The fourth-order valence-corrected chi connectivity index (χ4v) is 3.39. The molecule has 6 nitrogen and oxygen atoms in total. The smallest absolute Gasteiger partial charge is 0.277 e. The maximum atomic E-state index is 12.3. The lowest BCUT2D eigenvalue weighted by molar-refractivity contribution is -0.127. The van der Waals surface area contributed by atoms with E-state index >= 15 is 0 Å². The Hall–Kier alpha value is -2.51. The highest BCUT2D eigenvalue weighted by atomic mass is 35.5. The first-order chi connectivity index (χ1) is 13.5. The summed E-state index contributed by atoms with van der Waals surface area (Å²) in [5.41, 5.74) is 1.77. The zero-order valence-corrected chi connectivity index (χ0v) is 17.2. The van der Waals surface area contributed by atoms with Crippen molar-refractivity contribution in [3.05, 3.63) is 59.1 Å². The number of aromatic nitrogens is 2. The van der Waals surface area contributed by atoms with Crippen LogP contribution in [0.15, 0.2) is 58.2 Å². The molecular formula is C20H20ClN3O3S. The van der Waals surface area contributed by atoms with E-state index in [9.17, 15) is 4.79 Å². The number of halogens is 1. The van der Waals surface area contributed by atoms with Crippen molar-refractivity contribution in [1.82, 2.24) is 15.1 Å². The minimum absolute atomic E-state index is 0.0363. The van der Waals surface area contributed by atoms with Gasteiger partial charge in [-0.05, 0) is 48.9 Å². The quantitative estimate of drug-likeness (QED) is 0.501. The number of benzene rings is 2. The van der Waals surface area contributed by atoms with Crippen molar-refractivity contribution in [2.45, 2.75) is 18.7 Å². The zero-order chi connectivity index (χ0) is 19.9. The molecule has 3 aromatic rings. The summed E-state index contributed by atoms with van der Waals surface area (Å²) in [5, 5.41) is 9.06. The molecule has 0 unspecified atom stereocenters. The van der Waals surface area contributed by atoms with Crippen molar-refractivity contribution in [2.75, 3.05) is 19.4 Å². The van der Waals surface area contributed by atoms with Gasteiger partial charge in [0.25, 0.3) is 5.22 Å². The average Bonchev–Trinajstić information content (AvgIpc) is 3.16. The van der Waals surface area contributed by atoms with Crippen molar-refractivity contribution in [2.24, 2.45) is 0 Å². The first kappa shape index (κ1) is 20.2. The van der Waals surface area contributed by atoms with Crippen LogP contribution in [0.5, 0.6) is 5.75 Å². The van der Waals surface area contributed by atoms with Crippen molar-refractivity contribution in [3.8, 4) is 17.2 Å². The monoisotopic (exact) mass is 417 g/mol. The normalized spacial score (nSPS) is 10.7. The van der Waals surface area contributed by atoms with Gasteiger partial charge < -0.3 is 14.1 Å². The highest BCUT2D eigenvalue weighted by molar-refractivity contribution is 7.99. The van der Waals surface area contributed by atoms with Crippen LogP contribution in [-0.4, -0.2) is 40.4 Å². The Labute approximate surface area is 172 Å². The molecule has 0 atom stereocenters. The van der Waals surface area contributed by atoms with Gasteiger partial charge in [0.2, 0.25) is 11.8 Å². The van der Waals surface area contributed by atoms with Crippen molar-refractivity contribution in [3.63, 3.8) is 0 Å². The van der Waals surface area contributed by atoms with Gasteiger partial charge in [-0.1, -0.05) is 35.5 Å². The molecule has 0 N–H and O–H groups in total. The van der Waals surface area contributed by atoms with Gasteiger partial charge >= 0.3 is 0 Å². The summed E-state index contributed by atoms with van der Waals surface area (Å²) in [6.07, 6.45) is 0. The van der Waals surface area contributed by atoms with Crippen molar-refractivity contribution < 1.29 is 13.9 Å². The number of carbonyl (C=O) groups is 1. The van der Waals surface area contributed by atoms with Crippen LogP contribution >= 0.6 is 23.4 Å². The third-order valence-electron chi connectivity index (χ3n) is 3.87. The number of nitrogens with zero attached hydrogens (tertiary/aromatic N) is 3. The van der Waals surface area contributed by atoms with Crippen LogP contribution in [0.4, 0.5) is 0 Å². The third kappa shape index (κ3) is 5.50. The number of amides is 1. The number of rotatable bonds is 8. The molecule has 28 heavy (non-hydrogen) atoms. The van der Waals surface area contributed by atoms with E-state index in [0.717, 1.165) is 16.9 Å². The Morgan fingerprint density at radius 1 is 1.21 bits per heavy atom. The molecule has 0 radical (unpaired) electrons. The summed E-state index contributed by atoms with van der Waals surface area (Å²) in [6.45, 7) is 3.03. The fourth-order valence-electron chi connectivity index (χ4n) is 2.48. The van der Waals surface area contributed by atoms with E-state index in [1.54, 1.807) is 18.0 Å². The Morgan fingerprint density at radius 3 is 2.71 bits per heavy atom. The molecule has 0 aliphatic heterocycles. The van der Waals surface area contributed by atoms with Crippen molar-refractivity contribution in [1.29, 1.82) is 0 Å². The minimum Gasteiger partial charge on any atom is -0.494 e. The van der Waals surface area contributed by atoms with Crippen LogP contribution in [0.2, 0.25) is 5.02 Å². The molecule has 0 saturated carbocycles. The largest absolute Gasteiger partial charge is 0.494 e. The molecule has 1 heterocycles. The maximum Gasteiger partial charge on any atom is 0.277 e. The summed E-state index contributed by atoms with van der Waals surface area (Å²) in [7, 11) is 1.75. The summed E-state index contributed by atoms with van der Waals surface area (Å²) < 4.78 is 11.1. The molecule has 3 rings (SSSR count). The van der Waals surface area contributed by atoms with Gasteiger partial charge in [-0.2, -0.15) is 0 Å². The van der Waals surface area contributed by atoms with Gasteiger partial charge in [0.1, 0.15) is 5.75 Å². The molecule has 1 amide bonds. The number of hydrogen-bond donors (Lipinski definition) is 0. The topological polar surface area (TPSA) is 68.5 Å². The first-order valence-electron chi connectivity index (χ1n) is 8.73. The molecule has 0 saturated heterocycles. The SMILES string of the molecule is CCOc1ccc(-c2nnc(SCC(=O)N(C)Cc3cccc(Cl)c3)o2)cc1. The molecule has 0 aliphatic rings. The molecule has 2 aromatic carbocycles. The molecule has 0 spiro atoms. The predicted octanol–water partition coefficient (Wildman–Crippen LogP) is 4.54.